The molecule has 0 bridgehead atoms. The number of pyridine rings is 1. The molecule has 1 aromatic carbocycles. The van der Waals surface area contributed by atoms with E-state index in [9.17, 15) is 14.0 Å². The van der Waals surface area contributed by atoms with Gasteiger partial charge in [-0.05, 0) is 63.4 Å². The minimum Gasteiger partial charge on any atom is -0.444 e. The number of hydrogen-bond acceptors (Lipinski definition) is 4. The van der Waals surface area contributed by atoms with Crippen LogP contribution in [0.5, 0.6) is 0 Å². The fourth-order valence-electron chi connectivity index (χ4n) is 3.68. The molecule has 0 N–H and O–H groups in total. The highest BCUT2D eigenvalue weighted by Crippen LogP contribution is 2.28. The van der Waals surface area contributed by atoms with Crippen LogP contribution in [0.15, 0.2) is 48.7 Å². The minimum atomic E-state index is -0.607. The van der Waals surface area contributed by atoms with Crippen LogP contribution in [0, 0.1) is 5.82 Å². The molecule has 7 heteroatoms. The third-order valence-corrected chi connectivity index (χ3v) is 5.14. The van der Waals surface area contributed by atoms with Crippen LogP contribution in [0.1, 0.15) is 50.9 Å². The van der Waals surface area contributed by atoms with E-state index in [0.29, 0.717) is 31.5 Å². The Bertz CT molecular complexity index is 898. The Balaban J connectivity index is 1.70. The van der Waals surface area contributed by atoms with Crippen LogP contribution < -0.4 is 0 Å². The number of hydrogen-bond donors (Lipinski definition) is 0. The van der Waals surface area contributed by atoms with E-state index in [2.05, 4.69) is 4.98 Å². The normalized spacial score (nSPS) is 16.8. The second kappa shape index (κ2) is 9.90. The number of aryl methyl sites for hydroxylation is 1. The summed E-state index contributed by atoms with van der Waals surface area (Å²) in [6.45, 7) is 6.48. The fraction of sp³-hybridized carbons (Fsp3) is 0.458. The van der Waals surface area contributed by atoms with Crippen molar-refractivity contribution in [2.45, 2.75) is 51.7 Å². The molecule has 1 saturated heterocycles. The zero-order valence-electron chi connectivity index (χ0n) is 18.4. The SMILES string of the molecule is CC(C)(C)OC(=O)N1CCN(C(=O)CCCc2ccccn2)C(c2cccc(F)c2)C1. The van der Waals surface area contributed by atoms with E-state index in [1.807, 2.05) is 39.0 Å². The van der Waals surface area contributed by atoms with Crippen molar-refractivity contribution < 1.29 is 18.7 Å². The van der Waals surface area contributed by atoms with Crippen LogP contribution in [0.3, 0.4) is 0 Å². The molecule has 2 amide bonds. The van der Waals surface area contributed by atoms with Gasteiger partial charge in [-0.25, -0.2) is 9.18 Å². The second-order valence-corrected chi connectivity index (χ2v) is 8.76. The number of nitrogens with zero attached hydrogens (tertiary/aromatic N) is 3. The summed E-state index contributed by atoms with van der Waals surface area (Å²) in [4.78, 5) is 33.3. The molecule has 1 unspecified atom stereocenters. The first-order chi connectivity index (χ1) is 14.7. The molecule has 1 aromatic heterocycles. The van der Waals surface area contributed by atoms with Gasteiger partial charge in [0.05, 0.1) is 6.04 Å². The first-order valence-corrected chi connectivity index (χ1v) is 10.7. The molecule has 6 nitrogen and oxygen atoms in total. The molecule has 0 spiro atoms. The van der Waals surface area contributed by atoms with E-state index in [4.69, 9.17) is 4.74 Å². The molecule has 1 aliphatic rings. The zero-order valence-corrected chi connectivity index (χ0v) is 18.4. The Labute approximate surface area is 183 Å². The van der Waals surface area contributed by atoms with Gasteiger partial charge in [0, 0.05) is 37.9 Å². The third-order valence-electron chi connectivity index (χ3n) is 5.14. The Hall–Kier alpha value is -2.96. The van der Waals surface area contributed by atoms with Gasteiger partial charge in [-0.15, -0.1) is 0 Å². The van der Waals surface area contributed by atoms with Gasteiger partial charge in [0.25, 0.3) is 0 Å². The summed E-state index contributed by atoms with van der Waals surface area (Å²) in [5.74, 6) is -0.372. The van der Waals surface area contributed by atoms with Crippen molar-refractivity contribution >= 4 is 12.0 Å². The number of piperazine rings is 1. The molecule has 166 valence electrons. The van der Waals surface area contributed by atoms with Gasteiger partial charge < -0.3 is 14.5 Å². The summed E-state index contributed by atoms with van der Waals surface area (Å²) in [6.07, 6.45) is 3.09. The lowest BCUT2D eigenvalue weighted by molar-refractivity contribution is -0.136. The topological polar surface area (TPSA) is 62.7 Å². The van der Waals surface area contributed by atoms with Crippen molar-refractivity contribution in [1.82, 2.24) is 14.8 Å². The largest absolute Gasteiger partial charge is 0.444 e. The standard InChI is InChI=1S/C24H30FN3O3/c1-24(2,3)31-23(30)27-14-15-28(21(17-27)18-8-6-9-19(25)16-18)22(29)12-7-11-20-10-4-5-13-26-20/h4-6,8-10,13,16,21H,7,11-12,14-15,17H2,1-3H3. The number of ether oxygens (including phenoxy) is 1. The number of aromatic nitrogens is 1. The van der Waals surface area contributed by atoms with Gasteiger partial charge >= 0.3 is 6.09 Å². The van der Waals surface area contributed by atoms with Gasteiger partial charge in [0.1, 0.15) is 11.4 Å². The van der Waals surface area contributed by atoms with Crippen LogP contribution in [-0.2, 0) is 16.0 Å². The van der Waals surface area contributed by atoms with Crippen LogP contribution in [0.2, 0.25) is 0 Å². The van der Waals surface area contributed by atoms with E-state index >= 15 is 0 Å². The maximum absolute atomic E-state index is 13.9. The highest BCUT2D eigenvalue weighted by Gasteiger charge is 2.35. The van der Waals surface area contributed by atoms with E-state index in [-0.39, 0.29) is 18.3 Å². The fourth-order valence-corrected chi connectivity index (χ4v) is 3.68. The van der Waals surface area contributed by atoms with Gasteiger partial charge in [-0.1, -0.05) is 18.2 Å². The number of benzene rings is 1. The monoisotopic (exact) mass is 427 g/mol. The first-order valence-electron chi connectivity index (χ1n) is 10.7. The second-order valence-electron chi connectivity index (χ2n) is 8.76. The molecule has 0 aliphatic carbocycles. The van der Waals surface area contributed by atoms with E-state index in [1.54, 1.807) is 28.1 Å². The molecular formula is C24H30FN3O3. The zero-order chi connectivity index (χ0) is 22.4. The van der Waals surface area contributed by atoms with Gasteiger partial charge in [0.2, 0.25) is 5.91 Å². The Kier molecular flexibility index (Phi) is 7.25. The summed E-state index contributed by atoms with van der Waals surface area (Å²) in [6, 6.07) is 11.5. The Morgan fingerprint density at radius 1 is 1.16 bits per heavy atom. The highest BCUT2D eigenvalue weighted by atomic mass is 19.1. The van der Waals surface area contributed by atoms with Crippen LogP contribution in [0.25, 0.3) is 0 Å². The lowest BCUT2D eigenvalue weighted by Gasteiger charge is -2.42. The van der Waals surface area contributed by atoms with Crippen LogP contribution in [0.4, 0.5) is 9.18 Å². The van der Waals surface area contributed by atoms with Crippen molar-refractivity contribution in [1.29, 1.82) is 0 Å². The molecule has 1 fully saturated rings. The Morgan fingerprint density at radius 3 is 2.65 bits per heavy atom. The third kappa shape index (κ3) is 6.51. The summed E-state index contributed by atoms with van der Waals surface area (Å²) in [5, 5.41) is 0. The molecule has 0 radical (unpaired) electrons. The molecule has 31 heavy (non-hydrogen) atoms. The smallest absolute Gasteiger partial charge is 0.410 e. The van der Waals surface area contributed by atoms with Crippen LogP contribution >= 0.6 is 0 Å². The van der Waals surface area contributed by atoms with Gasteiger partial charge in [-0.3, -0.25) is 9.78 Å². The van der Waals surface area contributed by atoms with Crippen molar-refractivity contribution in [2.75, 3.05) is 19.6 Å². The highest BCUT2D eigenvalue weighted by molar-refractivity contribution is 5.77. The average Bonchev–Trinajstić information content (AvgIpc) is 2.73. The molecule has 3 rings (SSSR count). The summed E-state index contributed by atoms with van der Waals surface area (Å²) in [7, 11) is 0. The van der Waals surface area contributed by atoms with Crippen LogP contribution in [-0.4, -0.2) is 52.0 Å². The summed E-state index contributed by atoms with van der Waals surface area (Å²) in [5.41, 5.74) is 1.02. The lowest BCUT2D eigenvalue weighted by Crippen LogP contribution is -2.53. The summed E-state index contributed by atoms with van der Waals surface area (Å²) < 4.78 is 19.4. The maximum Gasteiger partial charge on any atom is 0.410 e. The number of amides is 2. The lowest BCUT2D eigenvalue weighted by atomic mass is 10.0. The van der Waals surface area contributed by atoms with Gasteiger partial charge in [0.15, 0.2) is 0 Å². The molecule has 1 aliphatic heterocycles. The molecule has 1 atom stereocenters. The average molecular weight is 428 g/mol. The predicted octanol–water partition coefficient (Wildman–Crippen LogP) is 4.36. The van der Waals surface area contributed by atoms with Crippen molar-refractivity contribution in [2.24, 2.45) is 0 Å². The molecule has 2 heterocycles. The molecule has 2 aromatic rings. The number of carbonyl (C=O) groups excluding carboxylic acids is 2. The molecule has 0 saturated carbocycles. The Morgan fingerprint density at radius 2 is 1.97 bits per heavy atom. The van der Waals surface area contributed by atoms with E-state index < -0.39 is 17.7 Å². The minimum absolute atomic E-state index is 0.00553. The van der Waals surface area contributed by atoms with Crippen molar-refractivity contribution in [3.8, 4) is 0 Å². The van der Waals surface area contributed by atoms with E-state index in [0.717, 1.165) is 12.1 Å². The predicted molar refractivity (Wildman–Crippen MR) is 116 cm³/mol. The van der Waals surface area contributed by atoms with Crippen molar-refractivity contribution in [3.63, 3.8) is 0 Å². The summed E-state index contributed by atoms with van der Waals surface area (Å²) >= 11 is 0. The maximum atomic E-state index is 13.9. The molecular weight excluding hydrogens is 397 g/mol. The number of halogens is 1. The first kappa shape index (κ1) is 22.7. The number of carbonyl (C=O) groups is 2. The van der Waals surface area contributed by atoms with Crippen molar-refractivity contribution in [3.05, 3.63) is 65.7 Å². The quantitative estimate of drug-likeness (QED) is 0.711. The van der Waals surface area contributed by atoms with E-state index in [1.165, 1.54) is 12.1 Å². The number of rotatable bonds is 5. The van der Waals surface area contributed by atoms with Gasteiger partial charge in [-0.2, -0.15) is 0 Å².